The molecule has 0 saturated heterocycles. The van der Waals surface area contributed by atoms with E-state index in [1.54, 1.807) is 6.08 Å². The number of fused-ring (bicyclic) bond motifs is 1. The molecule has 1 aromatic rings. The van der Waals surface area contributed by atoms with Crippen molar-refractivity contribution in [2.75, 3.05) is 5.32 Å². The minimum absolute atomic E-state index is 0.259. The lowest BCUT2D eigenvalue weighted by atomic mass is 10.0. The van der Waals surface area contributed by atoms with Gasteiger partial charge in [0.25, 0.3) is 0 Å². The Hall–Kier alpha value is -1.55. The van der Waals surface area contributed by atoms with Gasteiger partial charge in [-0.3, -0.25) is 0 Å². The Morgan fingerprint density at radius 2 is 2.07 bits per heavy atom. The molecule has 0 aliphatic carbocycles. The van der Waals surface area contributed by atoms with Gasteiger partial charge in [0.2, 0.25) is 0 Å². The fourth-order valence-electron chi connectivity index (χ4n) is 1.58. The zero-order valence-electron chi connectivity index (χ0n) is 7.93. The summed E-state index contributed by atoms with van der Waals surface area (Å²) in [5.41, 5.74) is 3.13. The Balaban J connectivity index is 2.70. The average Bonchev–Trinajstić information content (AvgIpc) is 2.18. The first-order valence-corrected chi connectivity index (χ1v) is 5.15. The van der Waals surface area contributed by atoms with Crippen LogP contribution in [0, 0.1) is 0 Å². The molecule has 2 N–H and O–H groups in total. The number of carbonyl (C=O) groups is 1. The molecule has 15 heavy (non-hydrogen) atoms. The molecular formula is C11H9BrN2O. The summed E-state index contributed by atoms with van der Waals surface area (Å²) in [6, 6.07) is 3.44. The van der Waals surface area contributed by atoms with Crippen LogP contribution >= 0.6 is 15.9 Å². The molecule has 0 bridgehead atoms. The predicted molar refractivity (Wildman–Crippen MR) is 65.4 cm³/mol. The molecule has 0 saturated carbocycles. The molecule has 76 valence electrons. The van der Waals surface area contributed by atoms with Crippen molar-refractivity contribution in [1.29, 1.82) is 0 Å². The lowest BCUT2D eigenvalue weighted by Gasteiger charge is -2.22. The summed E-state index contributed by atoms with van der Waals surface area (Å²) in [5, 5.41) is 5.34. The van der Waals surface area contributed by atoms with Crippen molar-refractivity contribution in [3.8, 4) is 0 Å². The van der Waals surface area contributed by atoms with Gasteiger partial charge in [-0.25, -0.2) is 4.79 Å². The summed E-state index contributed by atoms with van der Waals surface area (Å²) in [5.74, 6) is 0. The predicted octanol–water partition coefficient (Wildman–Crippen LogP) is 3.20. The number of urea groups is 1. The minimum atomic E-state index is -0.259. The summed E-state index contributed by atoms with van der Waals surface area (Å²) in [6.45, 7) is 7.56. The van der Waals surface area contributed by atoms with Gasteiger partial charge < -0.3 is 10.6 Å². The Labute approximate surface area is 96.0 Å². The lowest BCUT2D eigenvalue weighted by Crippen LogP contribution is -2.32. The van der Waals surface area contributed by atoms with E-state index in [9.17, 15) is 4.79 Å². The third-order valence-electron chi connectivity index (χ3n) is 2.21. The third kappa shape index (κ3) is 1.57. The number of rotatable bonds is 1. The largest absolute Gasteiger partial charge is 0.323 e. The van der Waals surface area contributed by atoms with Gasteiger partial charge in [0.1, 0.15) is 0 Å². The van der Waals surface area contributed by atoms with Crippen LogP contribution in [0.15, 0.2) is 29.8 Å². The summed E-state index contributed by atoms with van der Waals surface area (Å²) < 4.78 is 0.926. The van der Waals surface area contributed by atoms with Gasteiger partial charge >= 0.3 is 6.03 Å². The number of nitrogens with one attached hydrogen (secondary N) is 2. The van der Waals surface area contributed by atoms with Gasteiger partial charge in [-0.1, -0.05) is 35.2 Å². The summed E-state index contributed by atoms with van der Waals surface area (Å²) in [4.78, 5) is 11.2. The third-order valence-corrected chi connectivity index (χ3v) is 2.90. The number of anilines is 1. The van der Waals surface area contributed by atoms with Crippen molar-refractivity contribution in [3.63, 3.8) is 0 Å². The molecule has 0 spiro atoms. The molecule has 3 nitrogen and oxygen atoms in total. The van der Waals surface area contributed by atoms with Gasteiger partial charge in [0.05, 0.1) is 5.69 Å². The van der Waals surface area contributed by atoms with E-state index < -0.39 is 0 Å². The number of hydrogen-bond acceptors (Lipinski definition) is 1. The van der Waals surface area contributed by atoms with E-state index in [1.165, 1.54) is 0 Å². The highest BCUT2D eigenvalue weighted by molar-refractivity contribution is 9.10. The van der Waals surface area contributed by atoms with Crippen LogP contribution in [0.5, 0.6) is 0 Å². The second-order valence-corrected chi connectivity index (χ2v) is 4.00. The van der Waals surface area contributed by atoms with E-state index in [-0.39, 0.29) is 6.03 Å². The zero-order valence-corrected chi connectivity index (χ0v) is 9.52. The number of hydrogen-bond donors (Lipinski definition) is 2. The van der Waals surface area contributed by atoms with Crippen LogP contribution in [0.3, 0.4) is 0 Å². The van der Waals surface area contributed by atoms with Crippen LogP contribution in [0.2, 0.25) is 0 Å². The monoisotopic (exact) mass is 264 g/mol. The maximum absolute atomic E-state index is 11.2. The molecule has 4 heteroatoms. The minimum Gasteiger partial charge on any atom is -0.308 e. The van der Waals surface area contributed by atoms with Gasteiger partial charge in [0, 0.05) is 15.7 Å². The van der Waals surface area contributed by atoms with Crippen LogP contribution in [0.25, 0.3) is 11.8 Å². The number of halogens is 1. The summed E-state index contributed by atoms with van der Waals surface area (Å²) in [6.07, 6.45) is 1.73. The van der Waals surface area contributed by atoms with Crippen molar-refractivity contribution in [3.05, 3.63) is 40.9 Å². The fourth-order valence-corrected chi connectivity index (χ4v) is 2.07. The molecule has 1 aliphatic heterocycles. The highest BCUT2D eigenvalue weighted by Gasteiger charge is 2.20. The van der Waals surface area contributed by atoms with Crippen LogP contribution < -0.4 is 10.6 Å². The highest BCUT2D eigenvalue weighted by Crippen LogP contribution is 2.33. The van der Waals surface area contributed by atoms with E-state index in [0.717, 1.165) is 21.3 Å². The zero-order chi connectivity index (χ0) is 11.0. The quantitative estimate of drug-likeness (QED) is 0.804. The molecule has 0 radical (unpaired) electrons. The van der Waals surface area contributed by atoms with Crippen molar-refractivity contribution < 1.29 is 4.79 Å². The van der Waals surface area contributed by atoms with Crippen molar-refractivity contribution >= 4 is 39.4 Å². The fraction of sp³-hybridized carbons (Fsp3) is 0. The molecular weight excluding hydrogens is 256 g/mol. The number of amides is 2. The Morgan fingerprint density at radius 1 is 1.33 bits per heavy atom. The van der Waals surface area contributed by atoms with Crippen molar-refractivity contribution in [2.24, 2.45) is 0 Å². The van der Waals surface area contributed by atoms with E-state index in [1.807, 2.05) is 12.1 Å². The lowest BCUT2D eigenvalue weighted by molar-refractivity contribution is 0.255. The van der Waals surface area contributed by atoms with Gasteiger partial charge in [-0.2, -0.15) is 0 Å². The number of benzene rings is 1. The van der Waals surface area contributed by atoms with Crippen molar-refractivity contribution in [1.82, 2.24) is 5.32 Å². The van der Waals surface area contributed by atoms with E-state index in [0.29, 0.717) is 5.70 Å². The Morgan fingerprint density at radius 3 is 2.73 bits per heavy atom. The topological polar surface area (TPSA) is 41.1 Å². The molecule has 2 rings (SSSR count). The second-order valence-electron chi connectivity index (χ2n) is 3.15. The van der Waals surface area contributed by atoms with E-state index >= 15 is 0 Å². The van der Waals surface area contributed by atoms with Crippen LogP contribution in [0.1, 0.15) is 11.1 Å². The maximum atomic E-state index is 11.2. The Kier molecular flexibility index (Phi) is 2.36. The maximum Gasteiger partial charge on any atom is 0.323 e. The van der Waals surface area contributed by atoms with Gasteiger partial charge in [-0.15, -0.1) is 0 Å². The smallest absolute Gasteiger partial charge is 0.308 e. The molecule has 1 aliphatic rings. The molecule has 1 heterocycles. The second kappa shape index (κ2) is 3.55. The SMILES string of the molecule is C=Cc1c(Br)ccc2c1C(=C)NC(=O)N2. The first-order valence-electron chi connectivity index (χ1n) is 4.35. The first-order chi connectivity index (χ1) is 7.13. The number of carbonyl (C=O) groups excluding carboxylic acids is 1. The molecule has 0 atom stereocenters. The van der Waals surface area contributed by atoms with Gasteiger partial charge in [0.15, 0.2) is 0 Å². The van der Waals surface area contributed by atoms with Crippen LogP contribution in [-0.2, 0) is 0 Å². The van der Waals surface area contributed by atoms with E-state index in [4.69, 9.17) is 0 Å². The first kappa shape index (κ1) is 9.98. The average molecular weight is 265 g/mol. The van der Waals surface area contributed by atoms with E-state index in [2.05, 4.69) is 39.7 Å². The highest BCUT2D eigenvalue weighted by atomic mass is 79.9. The van der Waals surface area contributed by atoms with Crippen LogP contribution in [0.4, 0.5) is 10.5 Å². The Bertz CT molecular complexity index is 480. The standard InChI is InChI=1S/C11H9BrN2O/c1-3-7-8(12)4-5-9-10(7)6(2)13-11(15)14-9/h3-5H,1-2H2,(H2,13,14,15). The normalized spacial score (nSPS) is 13.9. The van der Waals surface area contributed by atoms with Crippen LogP contribution in [-0.4, -0.2) is 6.03 Å². The molecule has 2 amide bonds. The summed E-state index contributed by atoms with van der Waals surface area (Å²) in [7, 11) is 0. The molecule has 0 unspecified atom stereocenters. The van der Waals surface area contributed by atoms with Gasteiger partial charge in [-0.05, 0) is 17.7 Å². The molecule has 0 aromatic heterocycles. The summed E-state index contributed by atoms with van der Waals surface area (Å²) >= 11 is 3.43. The molecule has 0 fully saturated rings. The molecule has 1 aromatic carbocycles. The van der Waals surface area contributed by atoms with Crippen molar-refractivity contribution in [2.45, 2.75) is 0 Å².